The van der Waals surface area contributed by atoms with E-state index in [1.165, 1.54) is 30.3 Å². The molecular weight excluding hydrogens is 366 g/mol. The second kappa shape index (κ2) is 6.64. The molecule has 0 atom stereocenters. The van der Waals surface area contributed by atoms with Crippen LogP contribution in [-0.2, 0) is 0 Å². The fraction of sp³-hybridized carbons (Fsp3) is 0.125. The van der Waals surface area contributed by atoms with Gasteiger partial charge in [0.2, 0.25) is 0 Å². The van der Waals surface area contributed by atoms with Gasteiger partial charge in [0, 0.05) is 23.2 Å². The Kier molecular flexibility index (Phi) is 4.51. The summed E-state index contributed by atoms with van der Waals surface area (Å²) in [6, 6.07) is 6.66. The Balaban J connectivity index is 1.98. The molecule has 10 heteroatoms. The van der Waals surface area contributed by atoms with E-state index in [0.717, 1.165) is 11.3 Å². The molecule has 2 aromatic heterocycles. The third-order valence-corrected chi connectivity index (χ3v) is 4.76. The van der Waals surface area contributed by atoms with Crippen LogP contribution in [0, 0.1) is 17.0 Å². The zero-order valence-electron chi connectivity index (χ0n) is 13.3. The van der Waals surface area contributed by atoms with Gasteiger partial charge in [0.25, 0.3) is 18.0 Å². The van der Waals surface area contributed by atoms with Gasteiger partial charge in [0.05, 0.1) is 10.6 Å². The summed E-state index contributed by atoms with van der Waals surface area (Å²) in [6.45, 7) is 1.61. The Hall–Kier alpha value is -3.14. The van der Waals surface area contributed by atoms with Crippen molar-refractivity contribution >= 4 is 44.5 Å². The van der Waals surface area contributed by atoms with Crippen molar-refractivity contribution in [3.63, 3.8) is 0 Å². The van der Waals surface area contributed by atoms with Crippen LogP contribution in [0.3, 0.4) is 0 Å². The highest BCUT2D eigenvalue weighted by Crippen LogP contribution is 2.36. The molecule has 0 radical (unpaired) electrons. The molecule has 1 aromatic carbocycles. The molecule has 3 aromatic rings. The molecule has 1 amide bonds. The lowest BCUT2D eigenvalue weighted by atomic mass is 10.1. The largest absolute Gasteiger partial charge is 0.397 e. The molecule has 3 N–H and O–H groups in total. The lowest BCUT2D eigenvalue weighted by Gasteiger charge is -2.04. The van der Waals surface area contributed by atoms with Crippen LogP contribution in [0.4, 0.5) is 25.8 Å². The van der Waals surface area contributed by atoms with Crippen LogP contribution in [-0.4, -0.2) is 15.8 Å². The maximum Gasteiger partial charge on any atom is 0.280 e. The number of hydrogen-bond donors (Lipinski definition) is 2. The SMILES string of the molecule is Cc1cc(C(F)F)nc2sc(C(=O)Nc3cccc([N+](=O)[O-])c3)c(N)c12. The van der Waals surface area contributed by atoms with Gasteiger partial charge < -0.3 is 11.1 Å². The number of nitrogens with zero attached hydrogens (tertiary/aromatic N) is 2. The average molecular weight is 378 g/mol. The Labute approximate surface area is 149 Å². The number of anilines is 2. The number of nitro groups is 1. The predicted molar refractivity (Wildman–Crippen MR) is 94.8 cm³/mol. The van der Waals surface area contributed by atoms with Crippen LogP contribution < -0.4 is 11.1 Å². The quantitative estimate of drug-likeness (QED) is 0.520. The van der Waals surface area contributed by atoms with Gasteiger partial charge in [-0.2, -0.15) is 0 Å². The Bertz CT molecular complexity index is 1040. The van der Waals surface area contributed by atoms with E-state index < -0.39 is 17.3 Å². The van der Waals surface area contributed by atoms with E-state index in [1.54, 1.807) is 6.92 Å². The average Bonchev–Trinajstić information content (AvgIpc) is 2.92. The van der Waals surface area contributed by atoms with Gasteiger partial charge in [-0.05, 0) is 24.6 Å². The number of thiophene rings is 1. The van der Waals surface area contributed by atoms with Crippen molar-refractivity contribution < 1.29 is 18.5 Å². The maximum atomic E-state index is 12.9. The summed E-state index contributed by atoms with van der Waals surface area (Å²) in [5.41, 5.74) is 6.30. The number of alkyl halides is 2. The van der Waals surface area contributed by atoms with Crippen molar-refractivity contribution in [2.75, 3.05) is 11.1 Å². The van der Waals surface area contributed by atoms with Crippen molar-refractivity contribution in [2.24, 2.45) is 0 Å². The van der Waals surface area contributed by atoms with E-state index in [-0.39, 0.29) is 32.5 Å². The minimum atomic E-state index is -2.73. The monoisotopic (exact) mass is 378 g/mol. The molecule has 0 aliphatic rings. The number of carbonyl (C=O) groups is 1. The van der Waals surface area contributed by atoms with E-state index >= 15 is 0 Å². The first-order valence-electron chi connectivity index (χ1n) is 7.31. The van der Waals surface area contributed by atoms with Crippen molar-refractivity contribution in [1.82, 2.24) is 4.98 Å². The van der Waals surface area contributed by atoms with Crippen molar-refractivity contribution in [3.8, 4) is 0 Å². The Morgan fingerprint density at radius 2 is 2.12 bits per heavy atom. The highest BCUT2D eigenvalue weighted by Gasteiger charge is 2.21. The van der Waals surface area contributed by atoms with E-state index in [9.17, 15) is 23.7 Å². The molecule has 0 aliphatic heterocycles. The number of hydrogen-bond acceptors (Lipinski definition) is 6. The summed E-state index contributed by atoms with van der Waals surface area (Å²) in [4.78, 5) is 26.9. The standard InChI is InChI=1S/C16H12F2N4O3S/c1-7-5-10(14(17)18)21-16-11(7)12(19)13(26-16)15(23)20-8-3-2-4-9(6-8)22(24)25/h2-6,14H,19H2,1H3,(H,20,23). The van der Waals surface area contributed by atoms with Crippen LogP contribution in [0.1, 0.15) is 27.4 Å². The van der Waals surface area contributed by atoms with Crippen LogP contribution >= 0.6 is 11.3 Å². The number of nitro benzene ring substituents is 1. The number of non-ortho nitro benzene ring substituents is 1. The molecule has 0 saturated heterocycles. The number of halogens is 2. The second-order valence-electron chi connectivity index (χ2n) is 5.45. The van der Waals surface area contributed by atoms with Gasteiger partial charge in [-0.1, -0.05) is 6.07 Å². The topological polar surface area (TPSA) is 111 Å². The van der Waals surface area contributed by atoms with Crippen LogP contribution in [0.15, 0.2) is 30.3 Å². The van der Waals surface area contributed by atoms with Crippen LogP contribution in [0.25, 0.3) is 10.2 Å². The lowest BCUT2D eigenvalue weighted by Crippen LogP contribution is -2.12. The van der Waals surface area contributed by atoms with Crippen LogP contribution in [0.5, 0.6) is 0 Å². The summed E-state index contributed by atoms with van der Waals surface area (Å²) in [5.74, 6) is -0.594. The number of amides is 1. The Morgan fingerprint density at radius 3 is 2.77 bits per heavy atom. The highest BCUT2D eigenvalue weighted by atomic mass is 32.1. The summed E-state index contributed by atoms with van der Waals surface area (Å²) < 4.78 is 25.8. The number of nitrogen functional groups attached to an aromatic ring is 1. The van der Waals surface area contributed by atoms with Gasteiger partial charge in [-0.3, -0.25) is 14.9 Å². The molecule has 0 bridgehead atoms. The van der Waals surface area contributed by atoms with Crippen molar-refractivity contribution in [2.45, 2.75) is 13.3 Å². The fourth-order valence-electron chi connectivity index (χ4n) is 2.50. The second-order valence-corrected chi connectivity index (χ2v) is 6.45. The van der Waals surface area contributed by atoms with Crippen molar-refractivity contribution in [1.29, 1.82) is 0 Å². The molecule has 134 valence electrons. The third-order valence-electron chi connectivity index (χ3n) is 3.66. The summed E-state index contributed by atoms with van der Waals surface area (Å²) in [6.07, 6.45) is -2.73. The molecule has 0 aliphatic carbocycles. The summed E-state index contributed by atoms with van der Waals surface area (Å²) in [5, 5.41) is 13.8. The van der Waals surface area contributed by atoms with Gasteiger partial charge in [0.1, 0.15) is 15.4 Å². The number of fused-ring (bicyclic) bond motifs is 1. The predicted octanol–water partition coefficient (Wildman–Crippen LogP) is 4.29. The molecule has 7 nitrogen and oxygen atoms in total. The maximum absolute atomic E-state index is 12.9. The number of benzene rings is 1. The first-order chi connectivity index (χ1) is 12.3. The van der Waals surface area contributed by atoms with E-state index in [2.05, 4.69) is 10.3 Å². The van der Waals surface area contributed by atoms with Crippen molar-refractivity contribution in [3.05, 3.63) is 56.6 Å². The minimum absolute atomic E-state index is 0.105. The van der Waals surface area contributed by atoms with Crippen LogP contribution in [0.2, 0.25) is 0 Å². The third kappa shape index (κ3) is 3.18. The van der Waals surface area contributed by atoms with E-state index in [4.69, 9.17) is 5.73 Å². The van der Waals surface area contributed by atoms with E-state index in [0.29, 0.717) is 10.9 Å². The Morgan fingerprint density at radius 1 is 1.38 bits per heavy atom. The fourth-order valence-corrected chi connectivity index (χ4v) is 3.57. The van der Waals surface area contributed by atoms with Gasteiger partial charge in [0.15, 0.2) is 0 Å². The number of rotatable bonds is 4. The molecule has 2 heterocycles. The molecule has 26 heavy (non-hydrogen) atoms. The first-order valence-corrected chi connectivity index (χ1v) is 8.13. The molecule has 0 unspecified atom stereocenters. The number of nitrogens with one attached hydrogen (secondary N) is 1. The number of nitrogens with two attached hydrogens (primary N) is 1. The minimum Gasteiger partial charge on any atom is -0.397 e. The van der Waals surface area contributed by atoms with E-state index in [1.807, 2.05) is 0 Å². The highest BCUT2D eigenvalue weighted by molar-refractivity contribution is 7.21. The molecule has 0 fully saturated rings. The zero-order valence-corrected chi connectivity index (χ0v) is 14.1. The first kappa shape index (κ1) is 17.7. The summed E-state index contributed by atoms with van der Waals surface area (Å²) in [7, 11) is 0. The summed E-state index contributed by atoms with van der Waals surface area (Å²) >= 11 is 0.892. The lowest BCUT2D eigenvalue weighted by molar-refractivity contribution is -0.384. The molecular formula is C16H12F2N4O3S. The smallest absolute Gasteiger partial charge is 0.280 e. The molecule has 3 rings (SSSR count). The number of aryl methyl sites for hydroxylation is 1. The van der Waals surface area contributed by atoms with Gasteiger partial charge >= 0.3 is 0 Å². The number of aromatic nitrogens is 1. The number of carbonyl (C=O) groups excluding carboxylic acids is 1. The van der Waals surface area contributed by atoms with Gasteiger partial charge in [-0.15, -0.1) is 11.3 Å². The van der Waals surface area contributed by atoms with Gasteiger partial charge in [-0.25, -0.2) is 13.8 Å². The molecule has 0 spiro atoms. The number of pyridine rings is 1. The molecule has 0 saturated carbocycles. The normalized spacial score (nSPS) is 11.1. The zero-order chi connectivity index (χ0) is 19.0.